The summed E-state index contributed by atoms with van der Waals surface area (Å²) >= 11 is 0. The summed E-state index contributed by atoms with van der Waals surface area (Å²) < 4.78 is 0. The van der Waals surface area contributed by atoms with E-state index in [4.69, 9.17) is 5.73 Å². The molecule has 1 aliphatic heterocycles. The van der Waals surface area contributed by atoms with E-state index < -0.39 is 16.9 Å². The van der Waals surface area contributed by atoms with E-state index in [1.54, 1.807) is 6.92 Å². The average Bonchev–Trinajstić information content (AvgIpc) is 2.46. The molecule has 1 aromatic carbocycles. The zero-order chi connectivity index (χ0) is 15.6. The predicted octanol–water partition coefficient (Wildman–Crippen LogP) is 0.528. The van der Waals surface area contributed by atoms with Crippen molar-refractivity contribution >= 4 is 23.2 Å². The Labute approximate surface area is 121 Å². The number of nitrogens with one attached hydrogen (secondary N) is 1. The highest BCUT2D eigenvalue weighted by molar-refractivity contribution is 6.03. The highest BCUT2D eigenvalue weighted by Crippen LogP contribution is 2.26. The number of carbonyl (C=O) groups excluding carboxylic acids is 2. The van der Waals surface area contributed by atoms with Crippen LogP contribution in [0.1, 0.15) is 23.7 Å². The van der Waals surface area contributed by atoms with Crippen molar-refractivity contribution < 1.29 is 14.5 Å². The number of para-hydroxylation sites is 1. The summed E-state index contributed by atoms with van der Waals surface area (Å²) in [6, 6.07) is 3.51. The summed E-state index contributed by atoms with van der Waals surface area (Å²) in [4.78, 5) is 36.0. The van der Waals surface area contributed by atoms with Crippen molar-refractivity contribution in [1.82, 2.24) is 10.2 Å². The average molecular weight is 292 g/mol. The van der Waals surface area contributed by atoms with Crippen molar-refractivity contribution in [3.8, 4) is 0 Å². The molecule has 0 aromatic heterocycles. The zero-order valence-electron chi connectivity index (χ0n) is 11.5. The molecule has 0 bridgehead atoms. The number of amides is 2. The maximum absolute atomic E-state index is 12.6. The lowest BCUT2D eigenvalue weighted by molar-refractivity contribution is -0.383. The third-order valence-electron chi connectivity index (χ3n) is 3.49. The molecule has 0 saturated carbocycles. The molecular formula is C13H16N4O4. The van der Waals surface area contributed by atoms with Crippen LogP contribution in [-0.4, -0.2) is 40.8 Å². The predicted molar refractivity (Wildman–Crippen MR) is 75.6 cm³/mol. The van der Waals surface area contributed by atoms with Gasteiger partial charge in [0, 0.05) is 19.2 Å². The molecule has 1 atom stereocenters. The standard InChI is InChI=1S/C13H16N4O4/c1-2-9-12(18)15-6-7-16(9)13(19)8-4-3-5-10(11(8)14)17(20)21/h3-5,9H,2,6-7,14H2,1H3,(H,15,18). The van der Waals surface area contributed by atoms with Crippen LogP contribution in [-0.2, 0) is 4.79 Å². The number of carbonyl (C=O) groups is 2. The molecule has 0 spiro atoms. The van der Waals surface area contributed by atoms with Crippen LogP contribution in [0.2, 0.25) is 0 Å². The molecule has 8 nitrogen and oxygen atoms in total. The lowest BCUT2D eigenvalue weighted by atomic mass is 10.1. The Hall–Kier alpha value is -2.64. The van der Waals surface area contributed by atoms with E-state index in [2.05, 4.69) is 5.32 Å². The van der Waals surface area contributed by atoms with Crippen LogP contribution < -0.4 is 11.1 Å². The first-order valence-corrected chi connectivity index (χ1v) is 6.59. The first kappa shape index (κ1) is 14.8. The molecule has 1 heterocycles. The fourth-order valence-corrected chi connectivity index (χ4v) is 2.42. The highest BCUT2D eigenvalue weighted by Gasteiger charge is 2.33. The van der Waals surface area contributed by atoms with Crippen molar-refractivity contribution in [2.24, 2.45) is 0 Å². The topological polar surface area (TPSA) is 119 Å². The molecule has 2 rings (SSSR count). The van der Waals surface area contributed by atoms with Crippen LogP contribution in [0.25, 0.3) is 0 Å². The van der Waals surface area contributed by atoms with Crippen molar-refractivity contribution in [3.63, 3.8) is 0 Å². The second kappa shape index (κ2) is 5.78. The van der Waals surface area contributed by atoms with Gasteiger partial charge in [0.25, 0.3) is 11.6 Å². The Morgan fingerprint density at radius 3 is 2.90 bits per heavy atom. The van der Waals surface area contributed by atoms with Crippen LogP contribution in [0, 0.1) is 10.1 Å². The van der Waals surface area contributed by atoms with E-state index in [-0.39, 0.29) is 22.8 Å². The molecule has 2 amide bonds. The molecule has 1 aliphatic rings. The summed E-state index contributed by atoms with van der Waals surface area (Å²) in [7, 11) is 0. The molecule has 1 saturated heterocycles. The Kier molecular flexibility index (Phi) is 4.06. The van der Waals surface area contributed by atoms with E-state index in [1.165, 1.54) is 23.1 Å². The minimum atomic E-state index is -0.633. The van der Waals surface area contributed by atoms with Gasteiger partial charge in [-0.3, -0.25) is 19.7 Å². The number of rotatable bonds is 3. The quantitative estimate of drug-likeness (QED) is 0.478. The second-order valence-electron chi connectivity index (χ2n) is 4.71. The molecule has 1 fully saturated rings. The van der Waals surface area contributed by atoms with Gasteiger partial charge < -0.3 is 16.0 Å². The van der Waals surface area contributed by atoms with Crippen molar-refractivity contribution in [1.29, 1.82) is 0 Å². The third kappa shape index (κ3) is 2.64. The molecule has 0 radical (unpaired) electrons. The first-order valence-electron chi connectivity index (χ1n) is 6.59. The number of benzene rings is 1. The van der Waals surface area contributed by atoms with Crippen LogP contribution >= 0.6 is 0 Å². The lowest BCUT2D eigenvalue weighted by Gasteiger charge is -2.34. The van der Waals surface area contributed by atoms with Gasteiger partial charge in [-0.25, -0.2) is 0 Å². The Morgan fingerprint density at radius 2 is 2.29 bits per heavy atom. The van der Waals surface area contributed by atoms with Gasteiger partial charge in [0.05, 0.1) is 10.5 Å². The normalized spacial score (nSPS) is 18.2. The van der Waals surface area contributed by atoms with Gasteiger partial charge in [0.1, 0.15) is 11.7 Å². The number of nitrogens with zero attached hydrogens (tertiary/aromatic N) is 2. The smallest absolute Gasteiger partial charge is 0.292 e. The Morgan fingerprint density at radius 1 is 1.57 bits per heavy atom. The van der Waals surface area contributed by atoms with Crippen LogP contribution in [0.3, 0.4) is 0 Å². The maximum atomic E-state index is 12.6. The lowest BCUT2D eigenvalue weighted by Crippen LogP contribution is -2.57. The van der Waals surface area contributed by atoms with Gasteiger partial charge in [-0.1, -0.05) is 13.0 Å². The van der Waals surface area contributed by atoms with E-state index in [0.29, 0.717) is 19.5 Å². The number of nitro groups is 1. The number of nitro benzene ring substituents is 1. The Balaban J connectivity index is 2.37. The van der Waals surface area contributed by atoms with Crippen molar-refractivity contribution in [2.75, 3.05) is 18.8 Å². The van der Waals surface area contributed by atoms with E-state index in [9.17, 15) is 19.7 Å². The van der Waals surface area contributed by atoms with Crippen molar-refractivity contribution in [3.05, 3.63) is 33.9 Å². The largest absolute Gasteiger partial charge is 0.393 e. The van der Waals surface area contributed by atoms with E-state index in [0.717, 1.165) is 0 Å². The first-order chi connectivity index (χ1) is 9.97. The molecular weight excluding hydrogens is 276 g/mol. The molecule has 1 aromatic rings. The summed E-state index contributed by atoms with van der Waals surface area (Å²) in [5.41, 5.74) is 5.29. The highest BCUT2D eigenvalue weighted by atomic mass is 16.6. The molecule has 1 unspecified atom stereocenters. The molecule has 3 N–H and O–H groups in total. The number of hydrogen-bond acceptors (Lipinski definition) is 5. The number of anilines is 1. The SMILES string of the molecule is CCC1C(=O)NCCN1C(=O)c1cccc([N+](=O)[O-])c1N. The van der Waals surface area contributed by atoms with E-state index >= 15 is 0 Å². The fourth-order valence-electron chi connectivity index (χ4n) is 2.42. The third-order valence-corrected chi connectivity index (χ3v) is 3.49. The Bertz CT molecular complexity index is 602. The number of hydrogen-bond donors (Lipinski definition) is 2. The van der Waals surface area contributed by atoms with E-state index in [1.807, 2.05) is 0 Å². The second-order valence-corrected chi connectivity index (χ2v) is 4.71. The van der Waals surface area contributed by atoms with Gasteiger partial charge in [0.2, 0.25) is 5.91 Å². The molecule has 8 heteroatoms. The zero-order valence-corrected chi connectivity index (χ0v) is 11.5. The van der Waals surface area contributed by atoms with Crippen molar-refractivity contribution in [2.45, 2.75) is 19.4 Å². The monoisotopic (exact) mass is 292 g/mol. The number of piperazine rings is 1. The van der Waals surface area contributed by atoms with Gasteiger partial charge >= 0.3 is 0 Å². The van der Waals surface area contributed by atoms with Gasteiger partial charge in [-0.2, -0.15) is 0 Å². The van der Waals surface area contributed by atoms with Gasteiger partial charge in [0.15, 0.2) is 0 Å². The van der Waals surface area contributed by atoms with Crippen LogP contribution in [0.15, 0.2) is 18.2 Å². The van der Waals surface area contributed by atoms with Gasteiger partial charge in [-0.05, 0) is 12.5 Å². The van der Waals surface area contributed by atoms with Gasteiger partial charge in [-0.15, -0.1) is 0 Å². The summed E-state index contributed by atoms with van der Waals surface area (Å²) in [5.74, 6) is -0.681. The maximum Gasteiger partial charge on any atom is 0.292 e. The summed E-state index contributed by atoms with van der Waals surface area (Å²) in [6.45, 7) is 2.51. The minimum Gasteiger partial charge on any atom is -0.393 e. The van der Waals surface area contributed by atoms with Crippen LogP contribution in [0.4, 0.5) is 11.4 Å². The van der Waals surface area contributed by atoms with Crippen LogP contribution in [0.5, 0.6) is 0 Å². The summed E-state index contributed by atoms with van der Waals surface area (Å²) in [6.07, 6.45) is 0.465. The molecule has 112 valence electrons. The summed E-state index contributed by atoms with van der Waals surface area (Å²) in [5, 5.41) is 13.6. The number of nitrogen functional groups attached to an aromatic ring is 1. The fraction of sp³-hybridized carbons (Fsp3) is 0.385. The molecule has 0 aliphatic carbocycles. The minimum absolute atomic E-state index is 0.0531. The molecule has 21 heavy (non-hydrogen) atoms. The number of nitrogens with two attached hydrogens (primary N) is 1.